The lowest BCUT2D eigenvalue weighted by Gasteiger charge is -2.23. The number of nitrogens with two attached hydrogens (primary N) is 2. The van der Waals surface area contributed by atoms with Gasteiger partial charge in [-0.05, 0) is 37.1 Å². The molecule has 0 aliphatic carbocycles. The molecule has 0 fully saturated rings. The van der Waals surface area contributed by atoms with Crippen LogP contribution in [0.5, 0.6) is 0 Å². The number of pyridine rings is 2. The minimum Gasteiger partial charge on any atom is -0.369 e. The van der Waals surface area contributed by atoms with E-state index in [1.807, 2.05) is 34.1 Å². The molecule has 2 aromatic rings. The topological polar surface area (TPSA) is 157 Å². The van der Waals surface area contributed by atoms with Crippen molar-refractivity contribution in [2.24, 2.45) is 21.5 Å². The summed E-state index contributed by atoms with van der Waals surface area (Å²) in [6.07, 6.45) is 16.3. The fraction of sp³-hybridized carbons (Fsp3) is 0.364. The van der Waals surface area contributed by atoms with Crippen LogP contribution in [-0.4, -0.2) is 35.0 Å². The van der Waals surface area contributed by atoms with Gasteiger partial charge in [-0.3, -0.25) is 9.97 Å². The highest BCUT2D eigenvalue weighted by atomic mass is 15.3. The van der Waals surface area contributed by atoms with Gasteiger partial charge in [0.25, 0.3) is 0 Å². The molecule has 0 unspecified atom stereocenters. The zero-order chi connectivity index (χ0) is 23.0. The Morgan fingerprint density at radius 3 is 1.38 bits per heavy atom. The number of anilines is 2. The third-order valence-electron chi connectivity index (χ3n) is 4.84. The van der Waals surface area contributed by atoms with Crippen molar-refractivity contribution in [2.75, 3.05) is 22.9 Å². The van der Waals surface area contributed by atoms with E-state index < -0.39 is 0 Å². The molecule has 0 saturated heterocycles. The Morgan fingerprint density at radius 2 is 1.03 bits per heavy atom. The molecule has 0 radical (unpaired) electrons. The highest BCUT2D eigenvalue weighted by Gasteiger charge is 2.11. The van der Waals surface area contributed by atoms with E-state index >= 15 is 0 Å². The van der Waals surface area contributed by atoms with Gasteiger partial charge in [-0.2, -0.15) is 10.5 Å². The van der Waals surface area contributed by atoms with Crippen molar-refractivity contribution in [3.05, 3.63) is 49.1 Å². The first-order chi connectivity index (χ1) is 15.7. The van der Waals surface area contributed by atoms with Crippen LogP contribution in [0.4, 0.5) is 11.4 Å². The van der Waals surface area contributed by atoms with E-state index in [1.165, 1.54) is 0 Å². The van der Waals surface area contributed by atoms with Crippen molar-refractivity contribution in [3.63, 3.8) is 0 Å². The Bertz CT molecular complexity index is 865. The number of nitrogens with zero attached hydrogens (tertiary/aromatic N) is 8. The van der Waals surface area contributed by atoms with E-state index in [0.29, 0.717) is 13.1 Å². The van der Waals surface area contributed by atoms with Gasteiger partial charge < -0.3 is 21.3 Å². The van der Waals surface area contributed by atoms with Crippen molar-refractivity contribution < 1.29 is 0 Å². The smallest absolute Gasteiger partial charge is 0.211 e. The number of hydrogen-bond donors (Lipinski definition) is 2. The highest BCUT2D eigenvalue weighted by Crippen LogP contribution is 2.16. The number of guanidine groups is 2. The molecular formula is C22H28N10. The number of rotatable bonds is 11. The molecular weight excluding hydrogens is 404 g/mol. The molecule has 0 amide bonds. The normalized spacial score (nSPS) is 11.4. The molecule has 0 bridgehead atoms. The van der Waals surface area contributed by atoms with E-state index in [4.69, 9.17) is 22.0 Å². The lowest BCUT2D eigenvalue weighted by Crippen LogP contribution is -2.38. The van der Waals surface area contributed by atoms with E-state index in [1.54, 1.807) is 37.2 Å². The zero-order valence-corrected chi connectivity index (χ0v) is 18.0. The van der Waals surface area contributed by atoms with Crippen molar-refractivity contribution >= 4 is 23.3 Å². The maximum atomic E-state index is 8.81. The van der Waals surface area contributed by atoms with Crippen molar-refractivity contribution in [1.82, 2.24) is 9.97 Å². The Morgan fingerprint density at radius 1 is 0.688 bits per heavy atom. The number of aromatic nitrogens is 2. The molecule has 10 heteroatoms. The molecule has 0 aromatic carbocycles. The molecule has 0 aliphatic heterocycles. The first kappa shape index (κ1) is 24.1. The summed E-state index contributed by atoms with van der Waals surface area (Å²) in [4.78, 5) is 19.0. The van der Waals surface area contributed by atoms with Gasteiger partial charge in [-0.1, -0.05) is 25.7 Å². The summed E-state index contributed by atoms with van der Waals surface area (Å²) in [5, 5.41) is 17.6. The van der Waals surface area contributed by atoms with Gasteiger partial charge in [0.15, 0.2) is 0 Å². The van der Waals surface area contributed by atoms with Crippen LogP contribution in [0.1, 0.15) is 38.5 Å². The molecule has 0 saturated carbocycles. The molecule has 166 valence electrons. The van der Waals surface area contributed by atoms with Crippen LogP contribution in [0.25, 0.3) is 0 Å². The van der Waals surface area contributed by atoms with E-state index in [0.717, 1.165) is 49.9 Å². The van der Waals surface area contributed by atoms with Crippen LogP contribution < -0.4 is 21.3 Å². The van der Waals surface area contributed by atoms with Crippen molar-refractivity contribution in [1.29, 1.82) is 10.5 Å². The first-order valence-corrected chi connectivity index (χ1v) is 10.5. The quantitative estimate of drug-likeness (QED) is 0.237. The Balaban J connectivity index is 1.74. The molecule has 4 N–H and O–H groups in total. The minimum atomic E-state index is 0.187. The van der Waals surface area contributed by atoms with Gasteiger partial charge in [0, 0.05) is 49.3 Å². The molecule has 2 aromatic heterocycles. The SMILES string of the molecule is N#CN=C(N)N(CCCCCCCCN(C(N)=NC#N)c1ccncc1)c1ccncc1. The van der Waals surface area contributed by atoms with Gasteiger partial charge in [0.05, 0.1) is 0 Å². The zero-order valence-electron chi connectivity index (χ0n) is 18.0. The van der Waals surface area contributed by atoms with Crippen LogP contribution in [0.2, 0.25) is 0 Å². The van der Waals surface area contributed by atoms with E-state index in [9.17, 15) is 0 Å². The molecule has 0 aliphatic rings. The molecule has 0 atom stereocenters. The fourth-order valence-corrected chi connectivity index (χ4v) is 3.27. The summed E-state index contributed by atoms with van der Waals surface area (Å²) in [6, 6.07) is 7.37. The molecule has 2 heterocycles. The predicted octanol–water partition coefficient (Wildman–Crippen LogP) is 2.72. The second kappa shape index (κ2) is 13.9. The lowest BCUT2D eigenvalue weighted by atomic mass is 10.1. The van der Waals surface area contributed by atoms with Crippen LogP contribution in [0, 0.1) is 22.9 Å². The van der Waals surface area contributed by atoms with Crippen LogP contribution in [0.15, 0.2) is 59.0 Å². The molecule has 2 rings (SSSR count). The molecule has 10 nitrogen and oxygen atoms in total. The number of nitriles is 2. The van der Waals surface area contributed by atoms with Gasteiger partial charge in [-0.25, -0.2) is 0 Å². The van der Waals surface area contributed by atoms with Gasteiger partial charge in [0.1, 0.15) is 0 Å². The maximum absolute atomic E-state index is 8.81. The number of unbranched alkanes of at least 4 members (excludes halogenated alkanes) is 5. The average Bonchev–Trinajstić information content (AvgIpc) is 2.82. The Kier molecular flexibility index (Phi) is 10.5. The summed E-state index contributed by atoms with van der Waals surface area (Å²) in [7, 11) is 0. The summed E-state index contributed by atoms with van der Waals surface area (Å²) < 4.78 is 0. The summed E-state index contributed by atoms with van der Waals surface area (Å²) in [6.45, 7) is 1.36. The third kappa shape index (κ3) is 7.92. The Hall–Kier alpha value is -4.18. The largest absolute Gasteiger partial charge is 0.369 e. The van der Waals surface area contributed by atoms with Crippen molar-refractivity contribution in [3.8, 4) is 12.4 Å². The summed E-state index contributed by atoms with van der Waals surface area (Å²) in [5.41, 5.74) is 13.6. The second-order valence-corrected chi connectivity index (χ2v) is 6.98. The fourth-order valence-electron chi connectivity index (χ4n) is 3.27. The lowest BCUT2D eigenvalue weighted by molar-refractivity contribution is 0.599. The van der Waals surface area contributed by atoms with Crippen molar-refractivity contribution in [2.45, 2.75) is 38.5 Å². The number of hydrogen-bond acceptors (Lipinski definition) is 6. The van der Waals surface area contributed by atoms with E-state index in [-0.39, 0.29) is 11.9 Å². The van der Waals surface area contributed by atoms with E-state index in [2.05, 4.69) is 20.0 Å². The van der Waals surface area contributed by atoms with Gasteiger partial charge >= 0.3 is 0 Å². The minimum absolute atomic E-state index is 0.187. The van der Waals surface area contributed by atoms with Gasteiger partial charge in [0.2, 0.25) is 24.3 Å². The second-order valence-electron chi connectivity index (χ2n) is 6.98. The maximum Gasteiger partial charge on any atom is 0.211 e. The van der Waals surface area contributed by atoms with Gasteiger partial charge in [-0.15, -0.1) is 9.98 Å². The third-order valence-corrected chi connectivity index (χ3v) is 4.84. The Labute approximate surface area is 188 Å². The predicted molar refractivity (Wildman–Crippen MR) is 125 cm³/mol. The molecule has 32 heavy (non-hydrogen) atoms. The van der Waals surface area contributed by atoms with Crippen LogP contribution in [-0.2, 0) is 0 Å². The summed E-state index contributed by atoms with van der Waals surface area (Å²) >= 11 is 0. The number of aliphatic imine (C=N–C) groups is 2. The monoisotopic (exact) mass is 432 g/mol. The molecule has 0 spiro atoms. The summed E-state index contributed by atoms with van der Waals surface area (Å²) in [5.74, 6) is 0.373. The van der Waals surface area contributed by atoms with Crippen LogP contribution in [0.3, 0.4) is 0 Å². The standard InChI is InChI=1S/C22H28N10/c23-17-29-21(25)31(19-7-11-27-12-8-19)15-5-3-1-2-4-6-16-32(22(26)30-18-24)20-9-13-28-14-10-20/h7-14H,1-6,15-16H2,(H2,25,29)(H2,26,30). The first-order valence-electron chi connectivity index (χ1n) is 10.5. The van der Waals surface area contributed by atoms with Crippen LogP contribution >= 0.6 is 0 Å². The average molecular weight is 433 g/mol. The highest BCUT2D eigenvalue weighted by molar-refractivity contribution is 5.95.